The van der Waals surface area contributed by atoms with Gasteiger partial charge >= 0.3 is 0 Å². The van der Waals surface area contributed by atoms with Gasteiger partial charge in [0.05, 0.1) is 0 Å². The molecule has 5 nitrogen and oxygen atoms in total. The van der Waals surface area contributed by atoms with Gasteiger partial charge < -0.3 is 5.32 Å². The van der Waals surface area contributed by atoms with Crippen molar-refractivity contribution in [1.29, 1.82) is 0 Å². The summed E-state index contributed by atoms with van der Waals surface area (Å²) in [6.07, 6.45) is 2.13. The highest BCUT2D eigenvalue weighted by molar-refractivity contribution is 7.86. The fraction of sp³-hybridized carbons (Fsp3) is 1.00. The standard InChI is InChI=1S/C11H23N3O2S/c1-10-4-3-6-13(9-10)17(15,16)14-7-5-12-8-11(14)2/h10-12H,3-9H2,1-2H3. The summed E-state index contributed by atoms with van der Waals surface area (Å²) >= 11 is 0. The van der Waals surface area contributed by atoms with Gasteiger partial charge in [0.15, 0.2) is 0 Å². The van der Waals surface area contributed by atoms with E-state index in [2.05, 4.69) is 12.2 Å². The van der Waals surface area contributed by atoms with Gasteiger partial charge in [0.2, 0.25) is 0 Å². The molecular formula is C11H23N3O2S. The number of nitrogens with zero attached hydrogens (tertiary/aromatic N) is 2. The third-order valence-corrected chi connectivity index (χ3v) is 5.80. The summed E-state index contributed by atoms with van der Waals surface area (Å²) in [5.74, 6) is 0.483. The average molecular weight is 261 g/mol. The molecule has 2 rings (SSSR count). The van der Waals surface area contributed by atoms with E-state index in [1.165, 1.54) is 0 Å². The van der Waals surface area contributed by atoms with E-state index in [1.807, 2.05) is 6.92 Å². The second kappa shape index (κ2) is 5.22. The highest BCUT2D eigenvalue weighted by atomic mass is 32.2. The molecule has 2 fully saturated rings. The quantitative estimate of drug-likeness (QED) is 0.775. The van der Waals surface area contributed by atoms with Crippen LogP contribution in [0.15, 0.2) is 0 Å². The predicted molar refractivity (Wildman–Crippen MR) is 67.9 cm³/mol. The van der Waals surface area contributed by atoms with Crippen molar-refractivity contribution in [1.82, 2.24) is 13.9 Å². The number of hydrogen-bond acceptors (Lipinski definition) is 3. The lowest BCUT2D eigenvalue weighted by Gasteiger charge is -2.39. The lowest BCUT2D eigenvalue weighted by atomic mass is 10.0. The SMILES string of the molecule is CC1CCCN(S(=O)(=O)N2CCNCC2C)C1. The highest BCUT2D eigenvalue weighted by Gasteiger charge is 2.36. The molecule has 2 atom stereocenters. The van der Waals surface area contributed by atoms with Gasteiger partial charge in [-0.15, -0.1) is 0 Å². The van der Waals surface area contributed by atoms with E-state index >= 15 is 0 Å². The Morgan fingerprint density at radius 2 is 2.00 bits per heavy atom. The molecule has 0 bridgehead atoms. The third-order valence-electron chi connectivity index (χ3n) is 3.68. The molecule has 0 aromatic rings. The van der Waals surface area contributed by atoms with Crippen molar-refractivity contribution < 1.29 is 8.42 Å². The van der Waals surface area contributed by atoms with Crippen molar-refractivity contribution in [3.63, 3.8) is 0 Å². The summed E-state index contributed by atoms with van der Waals surface area (Å²) in [5.41, 5.74) is 0. The van der Waals surface area contributed by atoms with Gasteiger partial charge in [-0.05, 0) is 25.7 Å². The Morgan fingerprint density at radius 1 is 1.24 bits per heavy atom. The first-order chi connectivity index (χ1) is 8.01. The lowest BCUT2D eigenvalue weighted by Crippen LogP contribution is -2.57. The molecule has 2 saturated heterocycles. The number of piperazine rings is 1. The van der Waals surface area contributed by atoms with E-state index in [0.29, 0.717) is 25.6 Å². The monoisotopic (exact) mass is 261 g/mol. The van der Waals surface area contributed by atoms with Crippen LogP contribution in [0.1, 0.15) is 26.7 Å². The number of piperidine rings is 1. The second-order valence-corrected chi connectivity index (χ2v) is 7.16. The van der Waals surface area contributed by atoms with E-state index in [9.17, 15) is 8.42 Å². The Morgan fingerprint density at radius 3 is 2.65 bits per heavy atom. The van der Waals surface area contributed by atoms with Crippen molar-refractivity contribution in [3.8, 4) is 0 Å². The van der Waals surface area contributed by atoms with Crippen LogP contribution in [-0.4, -0.2) is 55.8 Å². The third kappa shape index (κ3) is 2.81. The number of hydrogen-bond donors (Lipinski definition) is 1. The predicted octanol–water partition coefficient (Wildman–Crippen LogP) is 0.257. The minimum Gasteiger partial charge on any atom is -0.314 e. The van der Waals surface area contributed by atoms with Gasteiger partial charge in [0, 0.05) is 38.8 Å². The Labute approximate surface area is 104 Å². The van der Waals surface area contributed by atoms with Crippen LogP contribution in [0.2, 0.25) is 0 Å². The van der Waals surface area contributed by atoms with E-state index in [1.54, 1.807) is 8.61 Å². The summed E-state index contributed by atoms with van der Waals surface area (Å²) in [5, 5.41) is 3.22. The van der Waals surface area contributed by atoms with Gasteiger partial charge in [-0.3, -0.25) is 0 Å². The van der Waals surface area contributed by atoms with Crippen LogP contribution in [0.3, 0.4) is 0 Å². The maximum Gasteiger partial charge on any atom is 0.282 e. The van der Waals surface area contributed by atoms with Crippen LogP contribution >= 0.6 is 0 Å². The van der Waals surface area contributed by atoms with Gasteiger partial charge in [0.25, 0.3) is 10.2 Å². The molecule has 2 aliphatic heterocycles. The highest BCUT2D eigenvalue weighted by Crippen LogP contribution is 2.22. The van der Waals surface area contributed by atoms with Gasteiger partial charge in [-0.25, -0.2) is 0 Å². The van der Waals surface area contributed by atoms with Crippen LogP contribution in [0, 0.1) is 5.92 Å². The molecule has 17 heavy (non-hydrogen) atoms. The van der Waals surface area contributed by atoms with E-state index in [4.69, 9.17) is 0 Å². The van der Waals surface area contributed by atoms with Crippen LogP contribution < -0.4 is 5.32 Å². The minimum atomic E-state index is -3.24. The van der Waals surface area contributed by atoms with Crippen LogP contribution in [0.5, 0.6) is 0 Å². The van der Waals surface area contributed by atoms with Crippen molar-refractivity contribution in [3.05, 3.63) is 0 Å². The molecule has 1 N–H and O–H groups in total. The van der Waals surface area contributed by atoms with E-state index < -0.39 is 10.2 Å². The zero-order chi connectivity index (χ0) is 12.5. The first-order valence-corrected chi connectivity index (χ1v) is 7.89. The number of nitrogens with one attached hydrogen (secondary N) is 1. The molecular weight excluding hydrogens is 238 g/mol. The van der Waals surface area contributed by atoms with Crippen molar-refractivity contribution >= 4 is 10.2 Å². The molecule has 2 aliphatic rings. The molecule has 2 unspecified atom stereocenters. The Balaban J connectivity index is 2.11. The summed E-state index contributed by atoms with van der Waals surface area (Å²) in [7, 11) is -3.24. The zero-order valence-electron chi connectivity index (χ0n) is 10.7. The number of rotatable bonds is 2. The van der Waals surface area contributed by atoms with E-state index in [-0.39, 0.29) is 6.04 Å². The van der Waals surface area contributed by atoms with Crippen LogP contribution in [-0.2, 0) is 10.2 Å². The fourth-order valence-corrected chi connectivity index (χ4v) is 4.62. The summed E-state index contributed by atoms with van der Waals surface area (Å²) in [4.78, 5) is 0. The van der Waals surface area contributed by atoms with Crippen molar-refractivity contribution in [2.75, 3.05) is 32.7 Å². The zero-order valence-corrected chi connectivity index (χ0v) is 11.5. The average Bonchev–Trinajstić information content (AvgIpc) is 2.29. The molecule has 0 amide bonds. The molecule has 0 aromatic heterocycles. The molecule has 2 heterocycles. The molecule has 0 spiro atoms. The lowest BCUT2D eigenvalue weighted by molar-refractivity contribution is 0.226. The maximum atomic E-state index is 12.5. The van der Waals surface area contributed by atoms with Crippen molar-refractivity contribution in [2.45, 2.75) is 32.7 Å². The first kappa shape index (κ1) is 13.3. The minimum absolute atomic E-state index is 0.0611. The normalized spacial score (nSPS) is 33.8. The molecule has 0 aliphatic carbocycles. The Bertz CT molecular complexity index is 358. The molecule has 0 aromatic carbocycles. The summed E-state index contributed by atoms with van der Waals surface area (Å²) < 4.78 is 28.4. The fourth-order valence-electron chi connectivity index (χ4n) is 2.67. The van der Waals surface area contributed by atoms with Gasteiger partial charge in [-0.2, -0.15) is 17.0 Å². The molecule has 0 saturated carbocycles. The summed E-state index contributed by atoms with van der Waals surface area (Å²) in [6.45, 7) is 7.56. The van der Waals surface area contributed by atoms with Gasteiger partial charge in [0.1, 0.15) is 0 Å². The topological polar surface area (TPSA) is 52.7 Å². The summed E-state index contributed by atoms with van der Waals surface area (Å²) in [6, 6.07) is 0.0611. The van der Waals surface area contributed by atoms with Crippen molar-refractivity contribution in [2.24, 2.45) is 5.92 Å². The largest absolute Gasteiger partial charge is 0.314 e. The molecule has 0 radical (unpaired) electrons. The van der Waals surface area contributed by atoms with Gasteiger partial charge in [-0.1, -0.05) is 6.92 Å². The Kier molecular flexibility index (Phi) is 4.07. The second-order valence-electron chi connectivity index (χ2n) is 5.28. The van der Waals surface area contributed by atoms with Crippen LogP contribution in [0.25, 0.3) is 0 Å². The maximum absolute atomic E-state index is 12.5. The van der Waals surface area contributed by atoms with Crippen LogP contribution in [0.4, 0.5) is 0 Å². The molecule has 6 heteroatoms. The first-order valence-electron chi connectivity index (χ1n) is 6.49. The smallest absolute Gasteiger partial charge is 0.282 e. The van der Waals surface area contributed by atoms with E-state index in [0.717, 1.165) is 25.9 Å². The Hall–Kier alpha value is -0.170. The molecule has 100 valence electrons.